The number of carbonyl (C=O) groups is 1. The molecule has 0 fully saturated rings. The van der Waals surface area contributed by atoms with Gasteiger partial charge >= 0.3 is 0 Å². The van der Waals surface area contributed by atoms with E-state index in [9.17, 15) is 4.79 Å². The lowest BCUT2D eigenvalue weighted by Crippen LogP contribution is -2.20. The van der Waals surface area contributed by atoms with Crippen molar-refractivity contribution in [3.05, 3.63) is 62.9 Å². The van der Waals surface area contributed by atoms with Gasteiger partial charge in [0.1, 0.15) is 5.75 Å². The molecule has 128 valence electrons. The van der Waals surface area contributed by atoms with Crippen LogP contribution in [0.15, 0.2) is 52.3 Å². The average Bonchev–Trinajstić information content (AvgIpc) is 3.02. The Morgan fingerprint density at radius 3 is 2.92 bits per heavy atom. The predicted octanol–water partition coefficient (Wildman–Crippen LogP) is 5.55. The van der Waals surface area contributed by atoms with Gasteiger partial charge in [-0.3, -0.25) is 10.1 Å². The van der Waals surface area contributed by atoms with E-state index in [1.165, 1.54) is 11.3 Å². The van der Waals surface area contributed by atoms with Crippen molar-refractivity contribution in [2.75, 3.05) is 11.9 Å². The highest BCUT2D eigenvalue weighted by Crippen LogP contribution is 2.27. The van der Waals surface area contributed by atoms with Gasteiger partial charge in [0.2, 0.25) is 0 Å². The fraction of sp³-hybridized carbons (Fsp3) is 0.111. The number of nitrogens with zero attached hydrogens (tertiary/aromatic N) is 1. The summed E-state index contributed by atoms with van der Waals surface area (Å²) >= 11 is 10.7. The zero-order valence-corrected chi connectivity index (χ0v) is 16.4. The maximum absolute atomic E-state index is 12.1. The molecule has 0 bridgehead atoms. The van der Waals surface area contributed by atoms with E-state index in [-0.39, 0.29) is 12.5 Å². The van der Waals surface area contributed by atoms with Gasteiger partial charge in [-0.1, -0.05) is 39.7 Å². The molecule has 1 heterocycles. The van der Waals surface area contributed by atoms with Crippen LogP contribution < -0.4 is 10.1 Å². The zero-order valence-electron chi connectivity index (χ0n) is 13.3. The van der Waals surface area contributed by atoms with Gasteiger partial charge in [-0.25, -0.2) is 4.98 Å². The molecule has 0 radical (unpaired) electrons. The monoisotopic (exact) mass is 436 g/mol. The molecule has 2 aromatic carbocycles. The van der Waals surface area contributed by atoms with E-state index in [0.29, 0.717) is 15.9 Å². The number of thiazole rings is 1. The maximum Gasteiger partial charge on any atom is 0.264 e. The van der Waals surface area contributed by atoms with Gasteiger partial charge in [-0.15, -0.1) is 11.3 Å². The average molecular weight is 438 g/mol. The fourth-order valence-corrected chi connectivity index (χ4v) is 3.55. The van der Waals surface area contributed by atoms with Crippen LogP contribution in [0.25, 0.3) is 11.3 Å². The molecule has 0 saturated heterocycles. The molecule has 1 amide bonds. The Hall–Kier alpha value is -1.89. The molecule has 0 aliphatic rings. The van der Waals surface area contributed by atoms with Gasteiger partial charge in [0, 0.05) is 20.4 Å². The summed E-state index contributed by atoms with van der Waals surface area (Å²) in [5, 5.41) is 5.83. The molecule has 1 N–H and O–H groups in total. The number of carbonyl (C=O) groups excluding carboxylic acids is 1. The number of rotatable bonds is 5. The Bertz CT molecular complexity index is 914. The predicted molar refractivity (Wildman–Crippen MR) is 106 cm³/mol. The number of hydrogen-bond acceptors (Lipinski definition) is 4. The quantitative estimate of drug-likeness (QED) is 0.569. The van der Waals surface area contributed by atoms with Gasteiger partial charge in [-0.2, -0.15) is 0 Å². The van der Waals surface area contributed by atoms with Crippen LogP contribution in [0.4, 0.5) is 5.13 Å². The molecule has 4 nitrogen and oxygen atoms in total. The highest BCUT2D eigenvalue weighted by Gasteiger charge is 2.10. The van der Waals surface area contributed by atoms with Crippen molar-refractivity contribution in [3.63, 3.8) is 0 Å². The van der Waals surface area contributed by atoms with Crippen LogP contribution in [-0.2, 0) is 4.79 Å². The largest absolute Gasteiger partial charge is 0.483 e. The zero-order chi connectivity index (χ0) is 17.8. The molecular formula is C18H14BrClN2O2S. The van der Waals surface area contributed by atoms with Gasteiger partial charge in [-0.05, 0) is 42.8 Å². The van der Waals surface area contributed by atoms with E-state index in [4.69, 9.17) is 16.3 Å². The van der Waals surface area contributed by atoms with E-state index in [2.05, 4.69) is 26.2 Å². The minimum Gasteiger partial charge on any atom is -0.483 e. The lowest BCUT2D eigenvalue weighted by molar-refractivity contribution is -0.118. The van der Waals surface area contributed by atoms with Crippen molar-refractivity contribution >= 4 is 49.9 Å². The van der Waals surface area contributed by atoms with Crippen LogP contribution in [-0.4, -0.2) is 17.5 Å². The fourth-order valence-electron chi connectivity index (χ4n) is 2.18. The van der Waals surface area contributed by atoms with Crippen LogP contribution in [0.3, 0.4) is 0 Å². The normalized spacial score (nSPS) is 10.5. The first-order valence-corrected chi connectivity index (χ1v) is 9.46. The summed E-state index contributed by atoms with van der Waals surface area (Å²) in [7, 11) is 0. The van der Waals surface area contributed by atoms with Crippen molar-refractivity contribution in [1.82, 2.24) is 4.98 Å². The number of ether oxygens (including phenoxy) is 1. The summed E-state index contributed by atoms with van der Waals surface area (Å²) in [5.74, 6) is 0.373. The van der Waals surface area contributed by atoms with Gasteiger partial charge < -0.3 is 4.74 Å². The maximum atomic E-state index is 12.1. The summed E-state index contributed by atoms with van der Waals surface area (Å²) in [4.78, 5) is 16.5. The Labute approximate surface area is 162 Å². The summed E-state index contributed by atoms with van der Waals surface area (Å²) in [6.07, 6.45) is 0. The van der Waals surface area contributed by atoms with Gasteiger partial charge in [0.05, 0.1) is 5.69 Å². The van der Waals surface area contributed by atoms with Crippen LogP contribution in [0.2, 0.25) is 5.02 Å². The lowest BCUT2D eigenvalue weighted by Gasteiger charge is -2.08. The van der Waals surface area contributed by atoms with Crippen LogP contribution in [0, 0.1) is 6.92 Å². The highest BCUT2D eigenvalue weighted by molar-refractivity contribution is 9.10. The topological polar surface area (TPSA) is 51.2 Å². The molecular weight excluding hydrogens is 424 g/mol. The third-order valence-electron chi connectivity index (χ3n) is 3.37. The molecule has 7 heteroatoms. The van der Waals surface area contributed by atoms with E-state index in [1.54, 1.807) is 18.2 Å². The number of aryl methyl sites for hydroxylation is 1. The first-order valence-electron chi connectivity index (χ1n) is 7.41. The van der Waals surface area contributed by atoms with Crippen LogP contribution in [0.1, 0.15) is 5.56 Å². The second-order valence-electron chi connectivity index (χ2n) is 5.29. The number of nitrogens with one attached hydrogen (secondary N) is 1. The number of benzene rings is 2. The number of anilines is 1. The number of aromatic nitrogens is 1. The molecule has 3 rings (SSSR count). The van der Waals surface area contributed by atoms with Crippen molar-refractivity contribution < 1.29 is 9.53 Å². The number of amides is 1. The minimum absolute atomic E-state index is 0.0890. The van der Waals surface area contributed by atoms with Gasteiger partial charge in [0.25, 0.3) is 5.91 Å². The Kier molecular flexibility index (Phi) is 5.73. The third-order valence-corrected chi connectivity index (χ3v) is 4.85. The second-order valence-corrected chi connectivity index (χ2v) is 7.51. The smallest absolute Gasteiger partial charge is 0.264 e. The summed E-state index contributed by atoms with van der Waals surface area (Å²) in [6.45, 7) is 1.79. The molecule has 1 aromatic heterocycles. The van der Waals surface area contributed by atoms with E-state index in [0.717, 1.165) is 21.3 Å². The standard InChI is InChI=1S/C18H14BrClN2O2S/c1-11-7-14(20)5-6-16(11)24-9-17(23)22-18-21-15(10-25-18)12-3-2-4-13(19)8-12/h2-8,10H,9H2,1H3,(H,21,22,23). The first kappa shape index (κ1) is 17.9. The van der Waals surface area contributed by atoms with Crippen molar-refractivity contribution in [3.8, 4) is 17.0 Å². The number of hydrogen-bond donors (Lipinski definition) is 1. The first-order chi connectivity index (χ1) is 12.0. The lowest BCUT2D eigenvalue weighted by atomic mass is 10.2. The molecule has 0 unspecified atom stereocenters. The van der Waals surface area contributed by atoms with Gasteiger partial charge in [0.15, 0.2) is 11.7 Å². The molecule has 0 saturated carbocycles. The molecule has 25 heavy (non-hydrogen) atoms. The third kappa shape index (κ3) is 4.81. The van der Waals surface area contributed by atoms with E-state index >= 15 is 0 Å². The minimum atomic E-state index is -0.260. The van der Waals surface area contributed by atoms with Crippen LogP contribution >= 0.6 is 38.9 Å². The Morgan fingerprint density at radius 1 is 1.32 bits per heavy atom. The molecule has 0 atom stereocenters. The van der Waals surface area contributed by atoms with Crippen molar-refractivity contribution in [1.29, 1.82) is 0 Å². The molecule has 0 spiro atoms. The Balaban J connectivity index is 1.60. The second kappa shape index (κ2) is 7.99. The van der Waals surface area contributed by atoms with E-state index in [1.807, 2.05) is 36.6 Å². The van der Waals surface area contributed by atoms with Crippen molar-refractivity contribution in [2.24, 2.45) is 0 Å². The molecule has 0 aliphatic heterocycles. The summed E-state index contributed by atoms with van der Waals surface area (Å²) in [5.41, 5.74) is 2.68. The summed E-state index contributed by atoms with van der Waals surface area (Å²) in [6, 6.07) is 13.1. The highest BCUT2D eigenvalue weighted by atomic mass is 79.9. The van der Waals surface area contributed by atoms with Crippen LogP contribution in [0.5, 0.6) is 5.75 Å². The number of halogens is 2. The SMILES string of the molecule is Cc1cc(Cl)ccc1OCC(=O)Nc1nc(-c2cccc(Br)c2)cs1. The summed E-state index contributed by atoms with van der Waals surface area (Å²) < 4.78 is 6.51. The van der Waals surface area contributed by atoms with Crippen molar-refractivity contribution in [2.45, 2.75) is 6.92 Å². The van der Waals surface area contributed by atoms with E-state index < -0.39 is 0 Å². The molecule has 3 aromatic rings. The molecule has 0 aliphatic carbocycles. The Morgan fingerprint density at radius 2 is 2.16 bits per heavy atom.